The molecule has 2 fully saturated rings. The van der Waals surface area contributed by atoms with Crippen LogP contribution in [0.15, 0.2) is 79.4 Å². The first kappa shape index (κ1) is 32.1. The van der Waals surface area contributed by atoms with Crippen LogP contribution in [0.2, 0.25) is 0 Å². The van der Waals surface area contributed by atoms with Gasteiger partial charge in [-0.05, 0) is 73.2 Å². The number of carbonyl (C=O) groups excluding carboxylic acids is 1. The number of aliphatic hydroxyl groups is 1. The van der Waals surface area contributed by atoms with Gasteiger partial charge in [0.05, 0.1) is 0 Å². The molecular formula is C32H46N6O3. The van der Waals surface area contributed by atoms with Gasteiger partial charge in [-0.25, -0.2) is 4.79 Å². The largest absolute Gasteiger partial charge is 0.445 e. The van der Waals surface area contributed by atoms with Crippen LogP contribution in [0.4, 0.5) is 4.79 Å². The zero-order valence-electron chi connectivity index (χ0n) is 24.2. The van der Waals surface area contributed by atoms with E-state index in [-0.39, 0.29) is 12.7 Å². The number of aliphatic hydroxyl groups excluding tert-OH is 1. The van der Waals surface area contributed by atoms with Crippen molar-refractivity contribution < 1.29 is 14.6 Å². The number of ether oxygens (including phenoxy) is 1. The van der Waals surface area contributed by atoms with E-state index in [0.717, 1.165) is 57.7 Å². The van der Waals surface area contributed by atoms with E-state index in [0.29, 0.717) is 6.61 Å². The normalized spacial score (nSPS) is 15.1. The summed E-state index contributed by atoms with van der Waals surface area (Å²) in [6.45, 7) is 9.70. The highest BCUT2D eigenvalue weighted by Crippen LogP contribution is 2.05. The molecule has 0 atom stereocenters. The summed E-state index contributed by atoms with van der Waals surface area (Å²) < 4.78 is 5.23. The monoisotopic (exact) mass is 562 g/mol. The molecular weight excluding hydrogens is 516 g/mol. The number of hydrogen-bond acceptors (Lipinski definition) is 8. The van der Waals surface area contributed by atoms with Gasteiger partial charge in [0.25, 0.3) is 0 Å². The second-order valence-corrected chi connectivity index (χ2v) is 10.0. The highest BCUT2D eigenvalue weighted by atomic mass is 16.6. The van der Waals surface area contributed by atoms with E-state index < -0.39 is 0 Å². The van der Waals surface area contributed by atoms with Crippen molar-refractivity contribution in [2.75, 3.05) is 65.5 Å². The van der Waals surface area contributed by atoms with E-state index in [9.17, 15) is 4.79 Å². The van der Waals surface area contributed by atoms with Crippen LogP contribution in [0.1, 0.15) is 29.5 Å². The number of aromatic nitrogens is 2. The summed E-state index contributed by atoms with van der Waals surface area (Å²) in [5.74, 6) is 0. The number of aryl methyl sites for hydroxylation is 2. The first-order chi connectivity index (χ1) is 20.2. The zero-order chi connectivity index (χ0) is 28.8. The molecule has 0 spiro atoms. The summed E-state index contributed by atoms with van der Waals surface area (Å²) >= 11 is 0. The van der Waals surface area contributed by atoms with Gasteiger partial charge in [0.1, 0.15) is 6.61 Å². The third-order valence-corrected chi connectivity index (χ3v) is 6.85. The van der Waals surface area contributed by atoms with Crippen molar-refractivity contribution in [3.8, 4) is 0 Å². The third-order valence-electron chi connectivity index (χ3n) is 6.85. The standard InChI is InChI=1S/C12H19N3.C12H16N2O2.C8H11NO/c1(2-12-3-5-13-6-4-12)9-15-10-7-14-8-11-15;15-12(14-8-6-13-7-9-14)16-10-11-4-2-1-3-5-11;10-7-1-2-8-3-5-9-6-4-8/h3-6,14H,1-2,7-11H2;1-5,13H,6-10H2;3-6,10H,1-2,7H2. The molecule has 2 saturated heterocycles. The van der Waals surface area contributed by atoms with Crippen LogP contribution in [-0.4, -0.2) is 96.5 Å². The Hall–Kier alpha value is -3.37. The van der Waals surface area contributed by atoms with Crippen molar-refractivity contribution >= 4 is 6.09 Å². The predicted molar refractivity (Wildman–Crippen MR) is 163 cm³/mol. The quantitative estimate of drug-likeness (QED) is 0.366. The lowest BCUT2D eigenvalue weighted by Crippen LogP contribution is -2.46. The lowest BCUT2D eigenvalue weighted by atomic mass is 10.1. The number of pyridine rings is 2. The van der Waals surface area contributed by atoms with Crippen LogP contribution in [0.5, 0.6) is 0 Å². The molecule has 0 bridgehead atoms. The van der Waals surface area contributed by atoms with Gasteiger partial charge >= 0.3 is 6.09 Å². The van der Waals surface area contributed by atoms with Gasteiger partial charge in [0.2, 0.25) is 0 Å². The summed E-state index contributed by atoms with van der Waals surface area (Å²) in [5, 5.41) is 15.1. The second-order valence-electron chi connectivity index (χ2n) is 10.0. The van der Waals surface area contributed by atoms with Gasteiger partial charge < -0.3 is 30.3 Å². The minimum Gasteiger partial charge on any atom is -0.445 e. The molecule has 1 aromatic carbocycles. The number of hydrogen-bond donors (Lipinski definition) is 3. The Morgan fingerprint density at radius 2 is 1.27 bits per heavy atom. The number of rotatable bonds is 9. The Morgan fingerprint density at radius 1 is 0.732 bits per heavy atom. The average molecular weight is 563 g/mol. The molecule has 1 amide bonds. The van der Waals surface area contributed by atoms with E-state index in [1.807, 2.05) is 54.9 Å². The molecule has 0 saturated carbocycles. The van der Waals surface area contributed by atoms with Crippen LogP contribution in [0.3, 0.4) is 0 Å². The molecule has 4 heterocycles. The van der Waals surface area contributed by atoms with Gasteiger partial charge in [-0.2, -0.15) is 0 Å². The molecule has 0 unspecified atom stereocenters. The Bertz CT molecular complexity index is 1050. The van der Waals surface area contributed by atoms with Crippen molar-refractivity contribution in [2.24, 2.45) is 0 Å². The van der Waals surface area contributed by atoms with Crippen LogP contribution in [-0.2, 0) is 24.2 Å². The molecule has 0 aliphatic carbocycles. The minimum atomic E-state index is -0.217. The predicted octanol–water partition coefficient (Wildman–Crippen LogP) is 3.15. The maximum Gasteiger partial charge on any atom is 0.410 e. The number of nitrogens with zero attached hydrogens (tertiary/aromatic N) is 4. The van der Waals surface area contributed by atoms with Gasteiger partial charge in [-0.3, -0.25) is 9.97 Å². The maximum absolute atomic E-state index is 11.6. The summed E-state index contributed by atoms with van der Waals surface area (Å²) in [5.41, 5.74) is 3.66. The number of nitrogens with one attached hydrogen (secondary N) is 2. The van der Waals surface area contributed by atoms with Crippen molar-refractivity contribution in [3.05, 3.63) is 96.1 Å². The Balaban J connectivity index is 0.000000174. The first-order valence-corrected chi connectivity index (χ1v) is 14.7. The van der Waals surface area contributed by atoms with Crippen molar-refractivity contribution in [2.45, 2.75) is 32.3 Å². The van der Waals surface area contributed by atoms with Crippen LogP contribution in [0, 0.1) is 0 Å². The van der Waals surface area contributed by atoms with Crippen LogP contribution < -0.4 is 10.6 Å². The molecule has 9 heteroatoms. The van der Waals surface area contributed by atoms with Crippen molar-refractivity contribution in [3.63, 3.8) is 0 Å². The summed E-state index contributed by atoms with van der Waals surface area (Å²) in [6, 6.07) is 17.9. The fraction of sp³-hybridized carbons (Fsp3) is 0.469. The van der Waals surface area contributed by atoms with Gasteiger partial charge in [-0.1, -0.05) is 30.3 Å². The lowest BCUT2D eigenvalue weighted by Gasteiger charge is -2.27. The third kappa shape index (κ3) is 14.2. The highest BCUT2D eigenvalue weighted by molar-refractivity contribution is 5.67. The summed E-state index contributed by atoms with van der Waals surface area (Å²) in [6.07, 6.45) is 11.3. The van der Waals surface area contributed by atoms with Gasteiger partial charge in [0.15, 0.2) is 0 Å². The maximum atomic E-state index is 11.6. The fourth-order valence-electron chi connectivity index (χ4n) is 4.48. The molecule has 0 radical (unpaired) electrons. The number of amides is 1. The van der Waals surface area contributed by atoms with Crippen molar-refractivity contribution in [1.82, 2.24) is 30.4 Å². The van der Waals surface area contributed by atoms with Gasteiger partial charge in [0, 0.05) is 83.8 Å². The average Bonchev–Trinajstić information content (AvgIpc) is 3.06. The van der Waals surface area contributed by atoms with Gasteiger partial charge in [-0.15, -0.1) is 0 Å². The second kappa shape index (κ2) is 20.5. The molecule has 9 nitrogen and oxygen atoms in total. The lowest BCUT2D eigenvalue weighted by molar-refractivity contribution is 0.0918. The van der Waals surface area contributed by atoms with E-state index in [4.69, 9.17) is 9.84 Å². The van der Waals surface area contributed by atoms with E-state index in [1.54, 1.807) is 17.3 Å². The fourth-order valence-corrected chi connectivity index (χ4v) is 4.48. The molecule has 222 valence electrons. The molecule has 3 aromatic rings. The van der Waals surface area contributed by atoms with E-state index in [2.05, 4.69) is 37.6 Å². The topological polar surface area (TPSA) is 103 Å². The van der Waals surface area contributed by atoms with E-state index >= 15 is 0 Å². The number of piperazine rings is 2. The molecule has 3 N–H and O–H groups in total. The molecule has 2 aliphatic rings. The Kier molecular flexibility index (Phi) is 16.1. The van der Waals surface area contributed by atoms with E-state index in [1.165, 1.54) is 43.6 Å². The molecule has 2 aromatic heterocycles. The number of benzene rings is 1. The Labute approximate surface area is 245 Å². The van der Waals surface area contributed by atoms with Crippen LogP contribution >= 0.6 is 0 Å². The summed E-state index contributed by atoms with van der Waals surface area (Å²) in [4.78, 5) is 23.8. The minimum absolute atomic E-state index is 0.217. The van der Waals surface area contributed by atoms with Crippen LogP contribution in [0.25, 0.3) is 0 Å². The smallest absolute Gasteiger partial charge is 0.410 e. The molecule has 2 aliphatic heterocycles. The highest BCUT2D eigenvalue weighted by Gasteiger charge is 2.17. The zero-order valence-corrected chi connectivity index (χ0v) is 24.2. The SMILES string of the molecule is O=C(OCc1ccccc1)N1CCNCC1.OCCCc1ccncc1.c1cc(CCCN2CCNCC2)ccn1. The number of carbonyl (C=O) groups is 1. The van der Waals surface area contributed by atoms with Crippen molar-refractivity contribution in [1.29, 1.82) is 0 Å². The molecule has 5 rings (SSSR count). The summed E-state index contributed by atoms with van der Waals surface area (Å²) in [7, 11) is 0. The Morgan fingerprint density at radius 3 is 1.83 bits per heavy atom. The first-order valence-electron chi connectivity index (χ1n) is 14.7. The molecule has 41 heavy (non-hydrogen) atoms.